The maximum Gasteiger partial charge on any atom is 0.434 e. The number of nitrogens with zero attached hydrogens (tertiary/aromatic N) is 2. The van der Waals surface area contributed by atoms with Crippen LogP contribution in [0.1, 0.15) is 23.5 Å². The van der Waals surface area contributed by atoms with E-state index in [1.165, 1.54) is 23.6 Å². The normalized spacial score (nSPS) is 18.0. The number of alkyl halides is 3. The van der Waals surface area contributed by atoms with E-state index in [0.29, 0.717) is 18.7 Å². The van der Waals surface area contributed by atoms with Gasteiger partial charge in [0.15, 0.2) is 5.69 Å². The smallest absolute Gasteiger partial charge is 0.334 e. The standard InChI is InChI=1S/C16H17F4N3O2S/c1-10-6-12(3-4-13(10)17)26(24,25)21-7-11-2-5-15-22-14(16(18,19)20)9-23(15)8-11/h3-4,6,9,11,21H,2,5,7-8H2,1H3/t11-/m1/s1. The third-order valence-electron chi connectivity index (χ3n) is 4.38. The van der Waals surface area contributed by atoms with Crippen LogP contribution in [0.4, 0.5) is 17.6 Å². The zero-order valence-electron chi connectivity index (χ0n) is 13.8. The average Bonchev–Trinajstić information content (AvgIpc) is 2.99. The predicted octanol–water partition coefficient (Wildman–Crippen LogP) is 2.89. The lowest BCUT2D eigenvalue weighted by atomic mass is 10.00. The van der Waals surface area contributed by atoms with E-state index < -0.39 is 27.7 Å². The fraction of sp³-hybridized carbons (Fsp3) is 0.438. The summed E-state index contributed by atoms with van der Waals surface area (Å²) in [6.45, 7) is 1.80. The average molecular weight is 391 g/mol. The Kier molecular flexibility index (Phi) is 4.82. The topological polar surface area (TPSA) is 64.0 Å². The Morgan fingerprint density at radius 3 is 2.73 bits per heavy atom. The molecule has 10 heteroatoms. The van der Waals surface area contributed by atoms with E-state index in [1.54, 1.807) is 0 Å². The molecule has 0 amide bonds. The number of hydrogen-bond acceptors (Lipinski definition) is 3. The van der Waals surface area contributed by atoms with Crippen LogP contribution >= 0.6 is 0 Å². The van der Waals surface area contributed by atoms with Crippen molar-refractivity contribution in [1.29, 1.82) is 0 Å². The molecule has 0 saturated heterocycles. The number of fused-ring (bicyclic) bond motifs is 1. The van der Waals surface area contributed by atoms with E-state index in [0.717, 1.165) is 12.3 Å². The minimum absolute atomic E-state index is 0.0464. The number of imidazole rings is 1. The van der Waals surface area contributed by atoms with Gasteiger partial charge < -0.3 is 4.57 Å². The lowest BCUT2D eigenvalue weighted by Crippen LogP contribution is -2.33. The lowest BCUT2D eigenvalue weighted by Gasteiger charge is -2.23. The molecule has 1 aromatic heterocycles. The number of nitrogens with one attached hydrogen (secondary N) is 1. The third-order valence-corrected chi connectivity index (χ3v) is 5.80. The quantitative estimate of drug-likeness (QED) is 0.816. The second kappa shape index (κ2) is 6.66. The van der Waals surface area contributed by atoms with Crippen LogP contribution in [0.3, 0.4) is 0 Å². The summed E-state index contributed by atoms with van der Waals surface area (Å²) in [7, 11) is -3.82. The summed E-state index contributed by atoms with van der Waals surface area (Å²) in [6, 6.07) is 3.50. The van der Waals surface area contributed by atoms with E-state index in [4.69, 9.17) is 0 Å². The van der Waals surface area contributed by atoms with Crippen LogP contribution in [0.15, 0.2) is 29.3 Å². The molecule has 1 aliphatic heterocycles. The molecule has 1 aromatic carbocycles. The monoisotopic (exact) mass is 391 g/mol. The van der Waals surface area contributed by atoms with Gasteiger partial charge in [-0.3, -0.25) is 0 Å². The Labute approximate surface area is 148 Å². The van der Waals surface area contributed by atoms with Crippen molar-refractivity contribution in [3.8, 4) is 0 Å². The zero-order chi connectivity index (χ0) is 19.1. The van der Waals surface area contributed by atoms with Crippen LogP contribution in [0.25, 0.3) is 0 Å². The molecule has 0 saturated carbocycles. The maximum absolute atomic E-state index is 13.3. The predicted molar refractivity (Wildman–Crippen MR) is 85.4 cm³/mol. The highest BCUT2D eigenvalue weighted by Gasteiger charge is 2.35. The number of sulfonamides is 1. The molecular weight excluding hydrogens is 374 g/mol. The Hall–Kier alpha value is -1.94. The van der Waals surface area contributed by atoms with Crippen molar-refractivity contribution in [3.05, 3.63) is 47.3 Å². The minimum Gasteiger partial charge on any atom is -0.334 e. The second-order valence-electron chi connectivity index (χ2n) is 6.36. The fourth-order valence-electron chi connectivity index (χ4n) is 2.91. The summed E-state index contributed by atoms with van der Waals surface area (Å²) >= 11 is 0. The fourth-order valence-corrected chi connectivity index (χ4v) is 4.11. The Morgan fingerprint density at radius 1 is 1.35 bits per heavy atom. The van der Waals surface area contributed by atoms with Crippen LogP contribution in [0, 0.1) is 18.7 Å². The first-order valence-electron chi connectivity index (χ1n) is 7.95. The SMILES string of the molecule is Cc1cc(S(=O)(=O)NC[C@H]2CCc3nc(C(F)(F)F)cn3C2)ccc1F. The maximum atomic E-state index is 13.3. The van der Waals surface area contributed by atoms with Crippen LogP contribution in [0.2, 0.25) is 0 Å². The van der Waals surface area contributed by atoms with Crippen LogP contribution in [-0.2, 0) is 29.2 Å². The van der Waals surface area contributed by atoms with Gasteiger partial charge in [0.05, 0.1) is 4.90 Å². The molecule has 142 valence electrons. The number of aromatic nitrogens is 2. The highest BCUT2D eigenvalue weighted by molar-refractivity contribution is 7.89. The second-order valence-corrected chi connectivity index (χ2v) is 8.13. The van der Waals surface area contributed by atoms with E-state index in [9.17, 15) is 26.0 Å². The number of halogens is 4. The van der Waals surface area contributed by atoms with Crippen molar-refractivity contribution in [2.75, 3.05) is 6.54 Å². The summed E-state index contributed by atoms with van der Waals surface area (Å²) < 4.78 is 80.0. The minimum atomic E-state index is -4.50. The molecule has 0 unspecified atom stereocenters. The van der Waals surface area contributed by atoms with Crippen LogP contribution in [0.5, 0.6) is 0 Å². The van der Waals surface area contributed by atoms with Gasteiger partial charge in [-0.2, -0.15) is 13.2 Å². The van der Waals surface area contributed by atoms with Crippen molar-refractivity contribution in [1.82, 2.24) is 14.3 Å². The molecule has 5 nitrogen and oxygen atoms in total. The van der Waals surface area contributed by atoms with Gasteiger partial charge in [-0.05, 0) is 43.0 Å². The molecule has 0 aliphatic carbocycles. The van der Waals surface area contributed by atoms with Gasteiger partial charge in [0.25, 0.3) is 0 Å². The molecule has 0 bridgehead atoms. The summed E-state index contributed by atoms with van der Waals surface area (Å²) in [5.74, 6) is -0.302. The van der Waals surface area contributed by atoms with Crippen molar-refractivity contribution >= 4 is 10.0 Å². The molecule has 26 heavy (non-hydrogen) atoms. The highest BCUT2D eigenvalue weighted by Crippen LogP contribution is 2.30. The van der Waals surface area contributed by atoms with Crippen LogP contribution in [-0.4, -0.2) is 24.5 Å². The Balaban J connectivity index is 1.67. The Morgan fingerprint density at radius 2 is 2.08 bits per heavy atom. The van der Waals surface area contributed by atoms with Gasteiger partial charge >= 0.3 is 6.18 Å². The van der Waals surface area contributed by atoms with Gasteiger partial charge in [0, 0.05) is 25.7 Å². The highest BCUT2D eigenvalue weighted by atomic mass is 32.2. The zero-order valence-corrected chi connectivity index (χ0v) is 14.7. The van der Waals surface area contributed by atoms with Gasteiger partial charge in [-0.15, -0.1) is 0 Å². The largest absolute Gasteiger partial charge is 0.434 e. The molecule has 1 aliphatic rings. The molecule has 1 atom stereocenters. The van der Waals surface area contributed by atoms with Crippen molar-refractivity contribution in [2.24, 2.45) is 5.92 Å². The van der Waals surface area contributed by atoms with Gasteiger partial charge in [0.2, 0.25) is 10.0 Å². The molecule has 0 fully saturated rings. The van der Waals surface area contributed by atoms with Gasteiger partial charge in [-0.1, -0.05) is 0 Å². The van der Waals surface area contributed by atoms with E-state index in [-0.39, 0.29) is 29.5 Å². The molecular formula is C16H17F4N3O2S. The van der Waals surface area contributed by atoms with Gasteiger partial charge in [-0.25, -0.2) is 22.5 Å². The third kappa shape index (κ3) is 3.90. The van der Waals surface area contributed by atoms with Crippen LogP contribution < -0.4 is 4.72 Å². The first-order chi connectivity index (χ1) is 12.1. The number of benzene rings is 1. The number of aryl methyl sites for hydroxylation is 2. The molecule has 2 heterocycles. The Bertz CT molecular complexity index is 922. The van der Waals surface area contributed by atoms with E-state index in [2.05, 4.69) is 9.71 Å². The number of hydrogen-bond donors (Lipinski definition) is 1. The summed E-state index contributed by atoms with van der Waals surface area (Å²) in [6.07, 6.45) is -2.67. The summed E-state index contributed by atoms with van der Waals surface area (Å²) in [4.78, 5) is 3.55. The first-order valence-corrected chi connectivity index (χ1v) is 9.43. The summed E-state index contributed by atoms with van der Waals surface area (Å²) in [5.41, 5.74) is -0.719. The van der Waals surface area contributed by atoms with Gasteiger partial charge in [0.1, 0.15) is 11.6 Å². The summed E-state index contributed by atoms with van der Waals surface area (Å²) in [5, 5.41) is 0. The first kappa shape index (κ1) is 18.8. The van der Waals surface area contributed by atoms with Crippen molar-refractivity contribution in [3.63, 3.8) is 0 Å². The van der Waals surface area contributed by atoms with E-state index in [1.807, 2.05) is 0 Å². The number of rotatable bonds is 4. The lowest BCUT2D eigenvalue weighted by molar-refractivity contribution is -0.141. The molecule has 1 N–H and O–H groups in total. The molecule has 0 spiro atoms. The van der Waals surface area contributed by atoms with E-state index >= 15 is 0 Å². The van der Waals surface area contributed by atoms with Crippen molar-refractivity contribution < 1.29 is 26.0 Å². The molecule has 2 aromatic rings. The molecule has 0 radical (unpaired) electrons. The molecule has 3 rings (SSSR count). The van der Waals surface area contributed by atoms with Crippen molar-refractivity contribution in [2.45, 2.75) is 37.4 Å².